The number of hydrogen-bond acceptors (Lipinski definition) is 8. The quantitative estimate of drug-likeness (QED) is 0.355. The lowest BCUT2D eigenvalue weighted by molar-refractivity contribution is -0.384. The number of rotatable bonds is 8. The van der Waals surface area contributed by atoms with E-state index in [2.05, 4.69) is 19.9 Å². The third kappa shape index (κ3) is 5.87. The summed E-state index contributed by atoms with van der Waals surface area (Å²) in [5, 5.41) is 14.7. The average molecular weight is 498 g/mol. The number of anilines is 3. The first-order valence-electron chi connectivity index (χ1n) is 11.1. The first kappa shape index (κ1) is 24.4. The second kappa shape index (κ2) is 10.3. The van der Waals surface area contributed by atoms with E-state index in [-0.39, 0.29) is 16.3 Å². The maximum absolute atomic E-state index is 12.9. The maximum Gasteiger partial charge on any atom is 0.293 e. The van der Waals surface area contributed by atoms with Gasteiger partial charge in [-0.2, -0.15) is 0 Å². The third-order valence-electron chi connectivity index (χ3n) is 5.73. The Morgan fingerprint density at radius 3 is 2.46 bits per heavy atom. The van der Waals surface area contributed by atoms with Gasteiger partial charge in [0.1, 0.15) is 11.5 Å². The van der Waals surface area contributed by atoms with Gasteiger partial charge in [0.05, 0.1) is 28.7 Å². The molecule has 2 aromatic carbocycles. The number of nitrogens with one attached hydrogen (secondary N) is 2. The molecule has 11 heteroatoms. The molecule has 2 N–H and O–H groups in total. The van der Waals surface area contributed by atoms with Crippen LogP contribution in [-0.4, -0.2) is 44.6 Å². The number of ether oxygens (including phenoxy) is 1. The molecule has 35 heavy (non-hydrogen) atoms. The highest BCUT2D eigenvalue weighted by Gasteiger charge is 2.22. The molecule has 4 rings (SSSR count). The first-order chi connectivity index (χ1) is 16.7. The van der Waals surface area contributed by atoms with E-state index in [1.54, 1.807) is 25.3 Å². The summed E-state index contributed by atoms with van der Waals surface area (Å²) >= 11 is 0. The number of aromatic nitrogens is 1. The van der Waals surface area contributed by atoms with Crippen LogP contribution in [0.3, 0.4) is 0 Å². The number of nitrogens with zero attached hydrogens (tertiary/aromatic N) is 3. The minimum atomic E-state index is -4.01. The summed E-state index contributed by atoms with van der Waals surface area (Å²) in [7, 11) is -4.01. The molecule has 0 spiro atoms. The summed E-state index contributed by atoms with van der Waals surface area (Å²) in [6.07, 6.45) is 1.72. The van der Waals surface area contributed by atoms with Crippen molar-refractivity contribution in [3.8, 4) is 0 Å². The van der Waals surface area contributed by atoms with Crippen LogP contribution in [0.2, 0.25) is 0 Å². The molecule has 3 aromatic rings. The standard InChI is InChI=1S/C24H27N5O5S/c1-17-3-6-21(18(2)13-17)27-35(32,33)20-5-7-22(23(14-20)29(30)31)25-15-19-4-8-24(26-16-19)28-9-11-34-12-10-28/h3-8,13-14,16,25,27H,9-12,15H2,1-2H3. The number of benzene rings is 2. The molecule has 0 radical (unpaired) electrons. The van der Waals surface area contributed by atoms with Crippen molar-refractivity contribution >= 4 is 32.9 Å². The normalized spacial score (nSPS) is 13.9. The van der Waals surface area contributed by atoms with Gasteiger partial charge in [-0.1, -0.05) is 23.8 Å². The molecule has 1 saturated heterocycles. The highest BCUT2D eigenvalue weighted by molar-refractivity contribution is 7.92. The van der Waals surface area contributed by atoms with Gasteiger partial charge < -0.3 is 15.0 Å². The molecular weight excluding hydrogens is 470 g/mol. The lowest BCUT2D eigenvalue weighted by atomic mass is 10.1. The minimum Gasteiger partial charge on any atom is -0.378 e. The van der Waals surface area contributed by atoms with E-state index in [0.29, 0.717) is 25.4 Å². The zero-order valence-electron chi connectivity index (χ0n) is 19.5. The van der Waals surface area contributed by atoms with Crippen molar-refractivity contribution < 1.29 is 18.1 Å². The van der Waals surface area contributed by atoms with Crippen LogP contribution in [0.25, 0.3) is 0 Å². The molecular formula is C24H27N5O5S. The molecule has 0 amide bonds. The number of sulfonamides is 1. The zero-order valence-corrected chi connectivity index (χ0v) is 20.3. The van der Waals surface area contributed by atoms with Crippen molar-refractivity contribution in [2.45, 2.75) is 25.3 Å². The second-order valence-electron chi connectivity index (χ2n) is 8.34. The molecule has 1 aromatic heterocycles. The summed E-state index contributed by atoms with van der Waals surface area (Å²) in [4.78, 5) is 17.5. The smallest absolute Gasteiger partial charge is 0.293 e. The maximum atomic E-state index is 12.9. The van der Waals surface area contributed by atoms with E-state index in [1.165, 1.54) is 12.1 Å². The van der Waals surface area contributed by atoms with Crippen LogP contribution in [0, 0.1) is 24.0 Å². The molecule has 0 saturated carbocycles. The van der Waals surface area contributed by atoms with E-state index < -0.39 is 14.9 Å². The summed E-state index contributed by atoms with van der Waals surface area (Å²) < 4.78 is 33.7. The highest BCUT2D eigenvalue weighted by Crippen LogP contribution is 2.29. The molecule has 2 heterocycles. The van der Waals surface area contributed by atoms with Crippen LogP contribution in [0.15, 0.2) is 59.6 Å². The van der Waals surface area contributed by atoms with Crippen LogP contribution in [0.4, 0.5) is 22.9 Å². The van der Waals surface area contributed by atoms with Gasteiger partial charge in [-0.3, -0.25) is 14.8 Å². The Kier molecular flexibility index (Phi) is 7.17. The Labute approximate surface area is 204 Å². The Balaban J connectivity index is 1.48. The topological polar surface area (TPSA) is 127 Å². The van der Waals surface area contributed by atoms with Crippen molar-refractivity contribution in [3.63, 3.8) is 0 Å². The van der Waals surface area contributed by atoms with Crippen molar-refractivity contribution in [1.29, 1.82) is 0 Å². The van der Waals surface area contributed by atoms with Gasteiger partial charge in [0.15, 0.2) is 0 Å². The van der Waals surface area contributed by atoms with Crippen molar-refractivity contribution in [3.05, 3.63) is 81.5 Å². The summed E-state index contributed by atoms with van der Waals surface area (Å²) in [6.45, 7) is 6.90. The largest absolute Gasteiger partial charge is 0.378 e. The minimum absolute atomic E-state index is 0.189. The van der Waals surface area contributed by atoms with E-state index in [0.717, 1.165) is 41.7 Å². The van der Waals surface area contributed by atoms with Gasteiger partial charge in [0.25, 0.3) is 15.7 Å². The van der Waals surface area contributed by atoms with E-state index >= 15 is 0 Å². The molecule has 1 aliphatic heterocycles. The average Bonchev–Trinajstić information content (AvgIpc) is 2.85. The van der Waals surface area contributed by atoms with Crippen LogP contribution in [-0.2, 0) is 21.3 Å². The lowest BCUT2D eigenvalue weighted by Crippen LogP contribution is -2.36. The summed E-state index contributed by atoms with van der Waals surface area (Å²) in [6, 6.07) is 13.0. The second-order valence-corrected chi connectivity index (χ2v) is 10.0. The fraction of sp³-hybridized carbons (Fsp3) is 0.292. The highest BCUT2D eigenvalue weighted by atomic mass is 32.2. The fourth-order valence-corrected chi connectivity index (χ4v) is 4.96. The third-order valence-corrected chi connectivity index (χ3v) is 7.09. The van der Waals surface area contributed by atoms with Gasteiger partial charge in [0.2, 0.25) is 0 Å². The zero-order chi connectivity index (χ0) is 25.0. The predicted molar refractivity (Wildman–Crippen MR) is 134 cm³/mol. The number of nitro groups is 1. The van der Waals surface area contributed by atoms with Crippen molar-refractivity contribution in [2.24, 2.45) is 0 Å². The molecule has 184 valence electrons. The molecule has 1 aliphatic rings. The molecule has 0 aliphatic carbocycles. The van der Waals surface area contributed by atoms with Gasteiger partial charge in [-0.25, -0.2) is 13.4 Å². The van der Waals surface area contributed by atoms with Crippen LogP contribution < -0.4 is 14.9 Å². The Morgan fingerprint density at radius 1 is 1.06 bits per heavy atom. The number of pyridine rings is 1. The summed E-state index contributed by atoms with van der Waals surface area (Å²) in [5.74, 6) is 0.855. The SMILES string of the molecule is Cc1ccc(NS(=O)(=O)c2ccc(NCc3ccc(N4CCOCC4)nc3)c([N+](=O)[O-])c2)c(C)c1. The molecule has 0 unspecified atom stereocenters. The molecule has 0 bridgehead atoms. The number of aryl methyl sites for hydroxylation is 2. The first-order valence-corrected chi connectivity index (χ1v) is 12.6. The molecule has 1 fully saturated rings. The number of hydrogen-bond donors (Lipinski definition) is 2. The van der Waals surface area contributed by atoms with E-state index in [9.17, 15) is 18.5 Å². The molecule has 0 atom stereocenters. The number of morpholine rings is 1. The Bertz CT molecular complexity index is 1320. The Hall–Kier alpha value is -3.70. The van der Waals surface area contributed by atoms with Gasteiger partial charge in [0, 0.05) is 31.9 Å². The number of nitro benzene ring substituents is 1. The van der Waals surface area contributed by atoms with Crippen LogP contribution in [0.1, 0.15) is 16.7 Å². The van der Waals surface area contributed by atoms with Gasteiger partial charge in [-0.15, -0.1) is 0 Å². The lowest BCUT2D eigenvalue weighted by Gasteiger charge is -2.27. The van der Waals surface area contributed by atoms with Crippen LogP contribution >= 0.6 is 0 Å². The van der Waals surface area contributed by atoms with Gasteiger partial charge >= 0.3 is 0 Å². The fourth-order valence-electron chi connectivity index (χ4n) is 3.81. The van der Waals surface area contributed by atoms with Gasteiger partial charge in [-0.05, 0) is 49.2 Å². The monoisotopic (exact) mass is 497 g/mol. The Morgan fingerprint density at radius 2 is 1.80 bits per heavy atom. The van der Waals surface area contributed by atoms with E-state index in [1.807, 2.05) is 25.1 Å². The predicted octanol–water partition coefficient (Wildman–Crippen LogP) is 3.86. The molecule has 10 nitrogen and oxygen atoms in total. The van der Waals surface area contributed by atoms with E-state index in [4.69, 9.17) is 4.74 Å². The van der Waals surface area contributed by atoms with Crippen molar-refractivity contribution in [2.75, 3.05) is 41.2 Å². The summed E-state index contributed by atoms with van der Waals surface area (Å²) in [5.41, 5.74) is 2.92. The van der Waals surface area contributed by atoms with Crippen molar-refractivity contribution in [1.82, 2.24) is 4.98 Å². The van der Waals surface area contributed by atoms with Crippen LogP contribution in [0.5, 0.6) is 0 Å².